The number of thioether (sulfide) groups is 1. The van der Waals surface area contributed by atoms with Gasteiger partial charge < -0.3 is 15.2 Å². The minimum absolute atomic E-state index is 0.0439. The van der Waals surface area contributed by atoms with Gasteiger partial charge in [-0.2, -0.15) is 5.26 Å². The average molecular weight is 413 g/mol. The van der Waals surface area contributed by atoms with Crippen LogP contribution in [0.1, 0.15) is 63.4 Å². The van der Waals surface area contributed by atoms with Gasteiger partial charge in [-0.3, -0.25) is 4.79 Å². The number of ether oxygens (including phenoxy) is 1. The van der Waals surface area contributed by atoms with Gasteiger partial charge in [-0.1, -0.05) is 32.3 Å². The van der Waals surface area contributed by atoms with Crippen molar-refractivity contribution in [3.63, 3.8) is 0 Å². The van der Waals surface area contributed by atoms with Gasteiger partial charge in [0.05, 0.1) is 29.7 Å². The third-order valence-corrected chi connectivity index (χ3v) is 6.55. The number of nitrogens with one attached hydrogen (secondary N) is 1. The van der Waals surface area contributed by atoms with E-state index in [1.807, 2.05) is 0 Å². The zero-order valence-corrected chi connectivity index (χ0v) is 17.9. The second-order valence-corrected chi connectivity index (χ2v) is 8.53. The lowest BCUT2D eigenvalue weighted by atomic mass is 9.77. The third kappa shape index (κ3) is 4.62. The van der Waals surface area contributed by atoms with Crippen LogP contribution in [0.2, 0.25) is 0 Å². The maximum Gasteiger partial charge on any atom is 0.161 e. The number of hydrogen-bond acceptors (Lipinski definition) is 6. The van der Waals surface area contributed by atoms with E-state index in [0.29, 0.717) is 23.3 Å². The number of hydrogen-bond donors (Lipinski definition) is 2. The highest BCUT2D eigenvalue weighted by molar-refractivity contribution is 8.03. The Morgan fingerprint density at radius 3 is 2.86 bits per heavy atom. The van der Waals surface area contributed by atoms with E-state index in [4.69, 9.17) is 4.74 Å². The number of Topliss-reactive ketones (excluding diaryl/α,β-unsaturated/α-hetero) is 1. The Labute approximate surface area is 176 Å². The Bertz CT molecular complexity index is 883. The lowest BCUT2D eigenvalue weighted by Gasteiger charge is -2.33. The first-order valence-electron chi connectivity index (χ1n) is 10.3. The Hall–Kier alpha value is -2.39. The first-order valence-corrected chi connectivity index (χ1v) is 11.3. The summed E-state index contributed by atoms with van der Waals surface area (Å²) in [5, 5.41) is 24.3. The van der Waals surface area contributed by atoms with E-state index in [0.717, 1.165) is 41.3 Å². The van der Waals surface area contributed by atoms with Crippen molar-refractivity contribution in [1.29, 1.82) is 5.26 Å². The maximum absolute atomic E-state index is 12.8. The molecule has 2 N–H and O–H groups in total. The molecule has 0 bridgehead atoms. The molecule has 0 saturated carbocycles. The molecule has 0 radical (unpaired) electrons. The molecule has 0 aromatic heterocycles. The fraction of sp³-hybridized carbons (Fsp3) is 0.478. The number of dihydropyridines is 1. The number of aromatic hydroxyl groups is 1. The van der Waals surface area contributed by atoms with Gasteiger partial charge in [0.2, 0.25) is 0 Å². The zero-order chi connectivity index (χ0) is 20.8. The zero-order valence-electron chi connectivity index (χ0n) is 17.1. The molecule has 1 aromatic carbocycles. The summed E-state index contributed by atoms with van der Waals surface area (Å²) in [5.74, 6) is 1.00. The van der Waals surface area contributed by atoms with E-state index in [9.17, 15) is 15.2 Å². The Morgan fingerprint density at radius 2 is 2.14 bits per heavy atom. The molecule has 154 valence electrons. The van der Waals surface area contributed by atoms with Crippen LogP contribution in [0.3, 0.4) is 0 Å². The van der Waals surface area contributed by atoms with Crippen LogP contribution in [0.25, 0.3) is 0 Å². The molecular weight excluding hydrogens is 384 g/mol. The summed E-state index contributed by atoms with van der Waals surface area (Å²) >= 11 is 1.67. The summed E-state index contributed by atoms with van der Waals surface area (Å²) in [6.45, 7) is 2.19. The summed E-state index contributed by atoms with van der Waals surface area (Å²) in [6.07, 6.45) is 6.84. The Morgan fingerprint density at radius 1 is 1.31 bits per heavy atom. The van der Waals surface area contributed by atoms with Gasteiger partial charge >= 0.3 is 0 Å². The normalized spacial score (nSPS) is 18.9. The minimum Gasteiger partial charge on any atom is -0.504 e. The first-order chi connectivity index (χ1) is 14.1. The van der Waals surface area contributed by atoms with Crippen LogP contribution in [0.5, 0.6) is 11.5 Å². The number of methoxy groups -OCH3 is 1. The number of unbranched alkanes of at least 4 members (excludes halogenated alkanes) is 3. The lowest BCUT2D eigenvalue weighted by Crippen LogP contribution is -2.31. The van der Waals surface area contributed by atoms with Gasteiger partial charge in [0.25, 0.3) is 0 Å². The SMILES string of the molecule is CCCCCCSC1=C(C#N)C(c2ccc(O)c(OC)c2)C2=C(CCCC2=O)N1. The quantitative estimate of drug-likeness (QED) is 0.575. The van der Waals surface area contributed by atoms with Crippen molar-refractivity contribution in [3.8, 4) is 17.6 Å². The van der Waals surface area contributed by atoms with Crippen LogP contribution in [-0.2, 0) is 4.79 Å². The number of rotatable bonds is 8. The fourth-order valence-corrected chi connectivity index (χ4v) is 5.01. The van der Waals surface area contributed by atoms with Crippen LogP contribution in [0, 0.1) is 11.3 Å². The molecule has 0 fully saturated rings. The van der Waals surface area contributed by atoms with Crippen molar-refractivity contribution in [1.82, 2.24) is 5.32 Å². The van der Waals surface area contributed by atoms with Crippen LogP contribution in [-0.4, -0.2) is 23.8 Å². The van der Waals surface area contributed by atoms with Crippen molar-refractivity contribution in [2.45, 2.75) is 57.8 Å². The smallest absolute Gasteiger partial charge is 0.161 e. The van der Waals surface area contributed by atoms with Gasteiger partial charge in [-0.05, 0) is 42.7 Å². The fourth-order valence-electron chi connectivity index (χ4n) is 3.95. The molecule has 29 heavy (non-hydrogen) atoms. The standard InChI is InChI=1S/C23H28N2O3S/c1-3-4-5-6-12-29-23-16(14-24)21(15-10-11-18(26)20(13-15)28-2)22-17(25-23)8-7-9-19(22)27/h10-11,13,21,25-26H,3-9,12H2,1-2H3. The Kier molecular flexibility index (Phi) is 7.27. The highest BCUT2D eigenvalue weighted by atomic mass is 32.2. The molecular formula is C23H28N2O3S. The number of ketones is 1. The van der Waals surface area contributed by atoms with Gasteiger partial charge in [-0.15, -0.1) is 11.8 Å². The predicted octanol–water partition coefficient (Wildman–Crippen LogP) is 5.14. The van der Waals surface area contributed by atoms with Crippen LogP contribution < -0.4 is 10.1 Å². The van der Waals surface area contributed by atoms with E-state index >= 15 is 0 Å². The lowest BCUT2D eigenvalue weighted by molar-refractivity contribution is -0.116. The van der Waals surface area contributed by atoms with E-state index in [-0.39, 0.29) is 11.5 Å². The monoisotopic (exact) mass is 412 g/mol. The largest absolute Gasteiger partial charge is 0.504 e. The summed E-state index contributed by atoms with van der Waals surface area (Å²) in [6, 6.07) is 7.45. The van der Waals surface area contributed by atoms with Crippen LogP contribution in [0.4, 0.5) is 0 Å². The first kappa shape index (κ1) is 21.3. The highest BCUT2D eigenvalue weighted by Crippen LogP contribution is 2.45. The second kappa shape index (κ2) is 9.89. The molecule has 1 aromatic rings. The number of nitriles is 1. The molecule has 0 amide bonds. The van der Waals surface area contributed by atoms with Crippen molar-refractivity contribution in [3.05, 3.63) is 45.6 Å². The number of benzene rings is 1. The van der Waals surface area contributed by atoms with E-state index in [1.54, 1.807) is 30.0 Å². The number of carbonyl (C=O) groups excluding carboxylic acids is 1. The maximum atomic E-state index is 12.8. The van der Waals surface area contributed by atoms with Crippen molar-refractivity contribution in [2.24, 2.45) is 0 Å². The number of phenols is 1. The van der Waals surface area contributed by atoms with Crippen molar-refractivity contribution < 1.29 is 14.6 Å². The average Bonchev–Trinajstić information content (AvgIpc) is 2.73. The summed E-state index contributed by atoms with van der Waals surface area (Å²) in [4.78, 5) is 12.8. The molecule has 1 heterocycles. The van der Waals surface area contributed by atoms with Crippen LogP contribution >= 0.6 is 11.8 Å². The summed E-state index contributed by atoms with van der Waals surface area (Å²) in [5.41, 5.74) is 3.00. The molecule has 2 aliphatic rings. The molecule has 3 rings (SSSR count). The van der Waals surface area contributed by atoms with Crippen molar-refractivity contribution in [2.75, 3.05) is 12.9 Å². The molecule has 5 nitrogen and oxygen atoms in total. The second-order valence-electron chi connectivity index (χ2n) is 7.42. The van der Waals surface area contributed by atoms with Crippen LogP contribution in [0.15, 0.2) is 40.1 Å². The predicted molar refractivity (Wildman–Crippen MR) is 116 cm³/mol. The van der Waals surface area contributed by atoms with Gasteiger partial charge in [-0.25, -0.2) is 0 Å². The molecule has 1 aliphatic carbocycles. The number of allylic oxidation sites excluding steroid dienone is 3. The minimum atomic E-state index is -0.420. The number of phenolic OH excluding ortho intramolecular Hbond substituents is 1. The van der Waals surface area contributed by atoms with Gasteiger partial charge in [0.1, 0.15) is 0 Å². The van der Waals surface area contributed by atoms with Gasteiger partial charge in [0, 0.05) is 17.7 Å². The number of nitrogens with zero attached hydrogens (tertiary/aromatic N) is 1. The number of carbonyl (C=O) groups is 1. The molecule has 1 unspecified atom stereocenters. The highest BCUT2D eigenvalue weighted by Gasteiger charge is 2.37. The Balaban J connectivity index is 1.99. The van der Waals surface area contributed by atoms with Crippen molar-refractivity contribution >= 4 is 17.5 Å². The third-order valence-electron chi connectivity index (χ3n) is 5.44. The molecule has 1 atom stereocenters. The molecule has 1 aliphatic heterocycles. The van der Waals surface area contributed by atoms with E-state index < -0.39 is 5.92 Å². The topological polar surface area (TPSA) is 82.3 Å². The summed E-state index contributed by atoms with van der Waals surface area (Å²) in [7, 11) is 1.50. The molecule has 0 spiro atoms. The van der Waals surface area contributed by atoms with E-state index in [2.05, 4.69) is 18.3 Å². The van der Waals surface area contributed by atoms with Gasteiger partial charge in [0.15, 0.2) is 17.3 Å². The van der Waals surface area contributed by atoms with E-state index in [1.165, 1.54) is 26.4 Å². The summed E-state index contributed by atoms with van der Waals surface area (Å²) < 4.78 is 5.27. The molecule has 6 heteroatoms. The molecule has 0 saturated heterocycles.